The van der Waals surface area contributed by atoms with Crippen LogP contribution in [0.3, 0.4) is 0 Å². The predicted molar refractivity (Wildman–Crippen MR) is 211 cm³/mol. The van der Waals surface area contributed by atoms with E-state index in [2.05, 4.69) is 43.4 Å². The average molecular weight is 787 g/mol. The van der Waals surface area contributed by atoms with Gasteiger partial charge in [-0.3, -0.25) is 14.3 Å². The number of nitriles is 1. The van der Waals surface area contributed by atoms with E-state index in [0.717, 1.165) is 16.7 Å². The predicted octanol–water partition coefficient (Wildman–Crippen LogP) is 6.79. The third kappa shape index (κ3) is 8.20. The monoisotopic (exact) mass is 786 g/mol. The Morgan fingerprint density at radius 2 is 1.54 bits per heavy atom. The van der Waals surface area contributed by atoms with E-state index in [1.165, 1.54) is 10.8 Å². The smallest absolute Gasteiger partial charge is 0.330 e. The molecule has 0 spiro atoms. The molecular formula is C42H51N4O9P. The molecule has 3 heterocycles. The molecular weight excluding hydrogens is 735 g/mol. The highest BCUT2D eigenvalue weighted by atomic mass is 31.2. The molecule has 0 saturated carbocycles. The van der Waals surface area contributed by atoms with Gasteiger partial charge in [0.05, 0.1) is 39.9 Å². The zero-order valence-corrected chi connectivity index (χ0v) is 33.9. The summed E-state index contributed by atoms with van der Waals surface area (Å²) < 4.78 is 49.2. The largest absolute Gasteiger partial charge is 0.497 e. The molecule has 2 bridgehead atoms. The number of ether oxygens (including phenoxy) is 5. The minimum Gasteiger partial charge on any atom is -0.497 e. The van der Waals surface area contributed by atoms with E-state index in [-0.39, 0.29) is 38.3 Å². The van der Waals surface area contributed by atoms with Crippen molar-refractivity contribution in [1.82, 2.24) is 14.2 Å². The number of benzene rings is 3. The molecule has 1 aromatic heterocycles. The molecule has 2 fully saturated rings. The van der Waals surface area contributed by atoms with Gasteiger partial charge in [0.25, 0.3) is 14.1 Å². The van der Waals surface area contributed by atoms with Gasteiger partial charge in [-0.05, 0) is 82.0 Å². The topological polar surface area (TPSA) is 147 Å². The van der Waals surface area contributed by atoms with Crippen molar-refractivity contribution in [2.24, 2.45) is 5.92 Å². The molecule has 4 aromatic rings. The molecule has 2 aliphatic heterocycles. The van der Waals surface area contributed by atoms with Crippen LogP contribution in [0.25, 0.3) is 0 Å². The zero-order chi connectivity index (χ0) is 40.0. The highest BCUT2D eigenvalue weighted by molar-refractivity contribution is 7.44. The van der Waals surface area contributed by atoms with Gasteiger partial charge in [-0.2, -0.15) is 5.26 Å². The van der Waals surface area contributed by atoms with E-state index in [1.54, 1.807) is 21.1 Å². The second-order valence-electron chi connectivity index (χ2n) is 14.5. The maximum atomic E-state index is 13.5. The van der Waals surface area contributed by atoms with Crippen LogP contribution in [-0.2, 0) is 28.9 Å². The summed E-state index contributed by atoms with van der Waals surface area (Å²) in [5.41, 5.74) is 0.510. The van der Waals surface area contributed by atoms with Crippen LogP contribution in [0.4, 0.5) is 0 Å². The van der Waals surface area contributed by atoms with Crippen LogP contribution in [0.2, 0.25) is 0 Å². The molecule has 56 heavy (non-hydrogen) atoms. The number of methoxy groups -OCH3 is 2. The average Bonchev–Trinajstić information content (AvgIpc) is 3.35. The number of hydrogen-bond acceptors (Lipinski definition) is 11. The van der Waals surface area contributed by atoms with Gasteiger partial charge in [-0.25, -0.2) is 9.46 Å². The van der Waals surface area contributed by atoms with Gasteiger partial charge in [0, 0.05) is 29.8 Å². The Kier molecular flexibility index (Phi) is 13.1. The lowest BCUT2D eigenvalue weighted by atomic mass is 9.79. The number of nitrogens with one attached hydrogen (secondary N) is 1. The van der Waals surface area contributed by atoms with E-state index in [4.69, 9.17) is 32.7 Å². The summed E-state index contributed by atoms with van der Waals surface area (Å²) in [6.45, 7) is 10.2. The number of aromatic amines is 1. The van der Waals surface area contributed by atoms with Gasteiger partial charge >= 0.3 is 5.69 Å². The fraction of sp³-hybridized carbons (Fsp3) is 0.452. The van der Waals surface area contributed by atoms with Crippen molar-refractivity contribution < 1.29 is 32.7 Å². The lowest BCUT2D eigenvalue weighted by molar-refractivity contribution is -0.295. The minimum absolute atomic E-state index is 0.0228. The van der Waals surface area contributed by atoms with Crippen LogP contribution in [0, 0.1) is 24.2 Å². The van der Waals surface area contributed by atoms with Gasteiger partial charge < -0.3 is 32.7 Å². The molecule has 0 aliphatic carbocycles. The number of aromatic nitrogens is 2. The number of rotatable bonds is 17. The molecule has 0 radical (unpaired) electrons. The van der Waals surface area contributed by atoms with Gasteiger partial charge in [0.2, 0.25) is 5.79 Å². The van der Waals surface area contributed by atoms with Crippen LogP contribution in [-0.4, -0.2) is 72.2 Å². The van der Waals surface area contributed by atoms with Crippen molar-refractivity contribution >= 4 is 8.53 Å². The Labute approximate surface area is 329 Å². The number of aryl methyl sites for hydroxylation is 1. The first-order chi connectivity index (χ1) is 27.0. The molecule has 14 heteroatoms. The number of hydrogen-bond donors (Lipinski definition) is 1. The van der Waals surface area contributed by atoms with Crippen LogP contribution in [0.1, 0.15) is 69.0 Å². The molecule has 2 saturated heterocycles. The summed E-state index contributed by atoms with van der Waals surface area (Å²) in [5.74, 6) is -0.614. The summed E-state index contributed by atoms with van der Waals surface area (Å²) in [6.07, 6.45) is 0.479. The molecule has 3 aromatic carbocycles. The standard InChI is InChI=1S/C42H51N4O9P/c1-28(2)46(29(3)4)56(53-24-11-23-43)55-37-36-22-25-51-41(37,54-39(36)45-26-30(5)38(47)44-40(45)48)27-52-42(31-12-9-8-10-13-31,32-14-18-34(49-6)19-15-32)33-16-20-35(50-7)21-17-33/h8-10,12-21,26,28-29,36-37,39H,11,22,24-25,27H2,1-7H3,(H,44,47,48)/t36-,37+,39-,41-,56?/m1/s1. The lowest BCUT2D eigenvalue weighted by Gasteiger charge is -2.44. The third-order valence-electron chi connectivity index (χ3n) is 10.3. The molecule has 298 valence electrons. The van der Waals surface area contributed by atoms with Gasteiger partial charge in [-0.15, -0.1) is 0 Å². The summed E-state index contributed by atoms with van der Waals surface area (Å²) in [6, 6.07) is 27.6. The first kappa shape index (κ1) is 41.3. The highest BCUT2D eigenvalue weighted by Gasteiger charge is 2.63. The van der Waals surface area contributed by atoms with Gasteiger partial charge in [0.15, 0.2) is 0 Å². The van der Waals surface area contributed by atoms with E-state index < -0.39 is 49.4 Å². The van der Waals surface area contributed by atoms with Crippen molar-refractivity contribution in [3.63, 3.8) is 0 Å². The van der Waals surface area contributed by atoms with E-state index in [0.29, 0.717) is 23.5 Å². The Morgan fingerprint density at radius 3 is 2.09 bits per heavy atom. The second-order valence-corrected chi connectivity index (χ2v) is 15.9. The molecule has 1 unspecified atom stereocenters. The molecule has 13 nitrogen and oxygen atoms in total. The molecule has 2 aliphatic rings. The summed E-state index contributed by atoms with van der Waals surface area (Å²) in [7, 11) is 1.47. The molecule has 6 rings (SSSR count). The fourth-order valence-electron chi connectivity index (χ4n) is 7.64. The highest BCUT2D eigenvalue weighted by Crippen LogP contribution is 2.57. The zero-order valence-electron chi connectivity index (χ0n) is 33.0. The molecule has 5 atom stereocenters. The summed E-state index contributed by atoms with van der Waals surface area (Å²) in [4.78, 5) is 28.4. The van der Waals surface area contributed by atoms with Gasteiger partial charge in [-0.1, -0.05) is 54.6 Å². The van der Waals surface area contributed by atoms with Crippen LogP contribution in [0.15, 0.2) is 94.6 Å². The first-order valence-corrected chi connectivity index (χ1v) is 20.0. The van der Waals surface area contributed by atoms with Crippen LogP contribution >= 0.6 is 8.53 Å². The third-order valence-corrected chi connectivity index (χ3v) is 12.4. The molecule has 1 N–H and O–H groups in total. The van der Waals surface area contributed by atoms with Crippen molar-refractivity contribution in [2.75, 3.05) is 34.0 Å². The Bertz CT molecular complexity index is 2010. The van der Waals surface area contributed by atoms with Crippen molar-refractivity contribution in [1.29, 1.82) is 5.26 Å². The lowest BCUT2D eigenvalue weighted by Crippen LogP contribution is -2.54. The Morgan fingerprint density at radius 1 is 0.946 bits per heavy atom. The van der Waals surface area contributed by atoms with Crippen LogP contribution < -0.4 is 20.7 Å². The van der Waals surface area contributed by atoms with Crippen molar-refractivity contribution in [3.8, 4) is 17.6 Å². The van der Waals surface area contributed by atoms with E-state index in [1.807, 2.05) is 78.9 Å². The second kappa shape index (κ2) is 17.8. The number of nitrogens with zero attached hydrogens (tertiary/aromatic N) is 3. The minimum atomic E-state index is -1.78. The van der Waals surface area contributed by atoms with Crippen molar-refractivity contribution in [2.45, 2.75) is 83.3 Å². The molecule has 0 amide bonds. The number of fused-ring (bicyclic) bond motifs is 2. The normalized spacial score (nSPS) is 21.3. The fourth-order valence-corrected chi connectivity index (χ4v) is 9.46. The SMILES string of the molecule is COc1ccc(C(OC[C@@]23OCC[C@@H]([C@H](n4cc(C)c(=O)[nH]c4=O)O2)[C@@H]3OP(OCCC#N)N(C(C)C)C(C)C)(c2ccccc2)c2ccc(OC)cc2)cc1. The maximum Gasteiger partial charge on any atom is 0.330 e. The Hall–Kier alpha value is -4.38. The summed E-state index contributed by atoms with van der Waals surface area (Å²) >= 11 is 0. The first-order valence-electron chi connectivity index (χ1n) is 18.9. The summed E-state index contributed by atoms with van der Waals surface area (Å²) in [5, 5.41) is 9.40. The van der Waals surface area contributed by atoms with E-state index >= 15 is 0 Å². The quantitative estimate of drug-likeness (QED) is 0.0686. The number of H-pyrrole nitrogens is 1. The maximum absolute atomic E-state index is 13.5. The van der Waals surface area contributed by atoms with E-state index in [9.17, 15) is 14.9 Å². The van der Waals surface area contributed by atoms with Crippen molar-refractivity contribution in [3.05, 3.63) is 128 Å². The Balaban J connectivity index is 1.52. The van der Waals surface area contributed by atoms with Crippen LogP contribution in [0.5, 0.6) is 11.5 Å². The van der Waals surface area contributed by atoms with Gasteiger partial charge in [0.1, 0.15) is 36.0 Å².